The summed E-state index contributed by atoms with van der Waals surface area (Å²) in [6, 6.07) is 5.70. The van der Waals surface area contributed by atoms with Gasteiger partial charge < -0.3 is 5.32 Å². The van der Waals surface area contributed by atoms with E-state index in [1.807, 2.05) is 6.07 Å². The van der Waals surface area contributed by atoms with Gasteiger partial charge in [-0.15, -0.1) is 0 Å². The zero-order valence-corrected chi connectivity index (χ0v) is 12.2. The first-order valence-electron chi connectivity index (χ1n) is 6.35. The summed E-state index contributed by atoms with van der Waals surface area (Å²) in [4.78, 5) is 0. The number of nitrogens with one attached hydrogen (secondary N) is 1. The average molecular weight is 302 g/mol. The van der Waals surface area contributed by atoms with Crippen molar-refractivity contribution in [2.24, 2.45) is 0 Å². The maximum absolute atomic E-state index is 13.4. The Morgan fingerprint density at radius 1 is 1.29 bits per heavy atom. The molecule has 17 heavy (non-hydrogen) atoms. The zero-order chi connectivity index (χ0) is 12.7. The third-order valence-electron chi connectivity index (χ3n) is 2.82. The van der Waals surface area contributed by atoms with Crippen molar-refractivity contribution in [1.29, 1.82) is 0 Å². The third-order valence-corrected chi connectivity index (χ3v) is 3.71. The van der Waals surface area contributed by atoms with Gasteiger partial charge in [0.05, 0.1) is 4.47 Å². The Kier molecular flexibility index (Phi) is 6.75. The molecule has 0 heterocycles. The summed E-state index contributed by atoms with van der Waals surface area (Å²) in [5.74, 6) is -0.173. The van der Waals surface area contributed by atoms with Crippen LogP contribution in [0.15, 0.2) is 22.7 Å². The number of hydrogen-bond donors (Lipinski definition) is 1. The Balaban J connectivity index is 2.67. The predicted molar refractivity (Wildman–Crippen MR) is 74.8 cm³/mol. The summed E-state index contributed by atoms with van der Waals surface area (Å²) in [5, 5.41) is 3.52. The highest BCUT2D eigenvalue weighted by Crippen LogP contribution is 2.22. The summed E-state index contributed by atoms with van der Waals surface area (Å²) >= 11 is 3.33. The highest BCUT2D eigenvalue weighted by molar-refractivity contribution is 9.10. The molecule has 1 nitrogen and oxygen atoms in total. The molecule has 1 rings (SSSR count). The fourth-order valence-corrected chi connectivity index (χ4v) is 2.37. The molecule has 0 saturated heterocycles. The Hall–Kier alpha value is -0.410. The minimum Gasteiger partial charge on any atom is -0.314 e. The van der Waals surface area contributed by atoms with Gasteiger partial charge >= 0.3 is 0 Å². The van der Waals surface area contributed by atoms with Crippen molar-refractivity contribution in [3.05, 3.63) is 34.1 Å². The van der Waals surface area contributed by atoms with Gasteiger partial charge in [0.15, 0.2) is 0 Å². The van der Waals surface area contributed by atoms with Gasteiger partial charge in [-0.25, -0.2) is 4.39 Å². The minimum absolute atomic E-state index is 0.173. The molecule has 0 radical (unpaired) electrons. The summed E-state index contributed by atoms with van der Waals surface area (Å²) in [5.41, 5.74) is 1.05. The van der Waals surface area contributed by atoms with Crippen LogP contribution in [0.25, 0.3) is 0 Å². The van der Waals surface area contributed by atoms with Gasteiger partial charge in [0.1, 0.15) is 5.82 Å². The Morgan fingerprint density at radius 2 is 2.06 bits per heavy atom. The maximum atomic E-state index is 13.4. The van der Waals surface area contributed by atoms with Gasteiger partial charge in [-0.2, -0.15) is 0 Å². The molecule has 0 fully saturated rings. The zero-order valence-electron chi connectivity index (χ0n) is 10.6. The second-order valence-electron chi connectivity index (χ2n) is 4.36. The van der Waals surface area contributed by atoms with E-state index >= 15 is 0 Å². The SMILES string of the molecule is CCCNC(CCC)Cc1cccc(F)c1Br. The van der Waals surface area contributed by atoms with Crippen LogP contribution in [-0.2, 0) is 6.42 Å². The Morgan fingerprint density at radius 3 is 2.71 bits per heavy atom. The molecule has 0 saturated carbocycles. The van der Waals surface area contributed by atoms with Crippen LogP contribution in [0.5, 0.6) is 0 Å². The summed E-state index contributed by atoms with van der Waals surface area (Å²) in [6.07, 6.45) is 4.29. The summed E-state index contributed by atoms with van der Waals surface area (Å²) in [7, 11) is 0. The molecule has 3 heteroatoms. The molecule has 1 atom stereocenters. The van der Waals surface area contributed by atoms with E-state index in [1.165, 1.54) is 6.07 Å². The molecule has 1 aromatic carbocycles. The van der Waals surface area contributed by atoms with Crippen molar-refractivity contribution in [3.63, 3.8) is 0 Å². The van der Waals surface area contributed by atoms with Gasteiger partial charge in [-0.05, 0) is 53.4 Å². The van der Waals surface area contributed by atoms with Crippen molar-refractivity contribution < 1.29 is 4.39 Å². The molecular weight excluding hydrogens is 281 g/mol. The highest BCUT2D eigenvalue weighted by Gasteiger charge is 2.11. The number of rotatable bonds is 7. The molecule has 96 valence electrons. The predicted octanol–water partition coefficient (Wildman–Crippen LogP) is 4.30. The average Bonchev–Trinajstić information content (AvgIpc) is 2.32. The van der Waals surface area contributed by atoms with Crippen LogP contribution >= 0.6 is 15.9 Å². The van der Waals surface area contributed by atoms with Crippen molar-refractivity contribution in [2.45, 2.75) is 45.6 Å². The monoisotopic (exact) mass is 301 g/mol. The molecule has 1 N–H and O–H groups in total. The lowest BCUT2D eigenvalue weighted by Gasteiger charge is -2.18. The molecule has 1 aromatic rings. The van der Waals surface area contributed by atoms with Crippen LogP contribution in [0.2, 0.25) is 0 Å². The van der Waals surface area contributed by atoms with Crippen LogP contribution in [-0.4, -0.2) is 12.6 Å². The first-order valence-corrected chi connectivity index (χ1v) is 7.14. The summed E-state index contributed by atoms with van der Waals surface area (Å²) < 4.78 is 14.0. The van der Waals surface area contributed by atoms with E-state index in [9.17, 15) is 4.39 Å². The molecule has 0 aromatic heterocycles. The quantitative estimate of drug-likeness (QED) is 0.792. The fraction of sp³-hybridized carbons (Fsp3) is 0.571. The number of benzene rings is 1. The molecule has 0 bridgehead atoms. The van der Waals surface area contributed by atoms with Gasteiger partial charge in [-0.1, -0.05) is 32.4 Å². The molecule has 0 aliphatic heterocycles. The summed E-state index contributed by atoms with van der Waals surface area (Å²) in [6.45, 7) is 5.37. The van der Waals surface area contributed by atoms with E-state index in [2.05, 4.69) is 35.1 Å². The smallest absolute Gasteiger partial charge is 0.137 e. The molecule has 0 aliphatic rings. The first kappa shape index (κ1) is 14.7. The van der Waals surface area contributed by atoms with Crippen LogP contribution in [0.4, 0.5) is 4.39 Å². The van der Waals surface area contributed by atoms with Crippen LogP contribution in [0, 0.1) is 5.82 Å². The fourth-order valence-electron chi connectivity index (χ4n) is 1.94. The molecule has 0 aliphatic carbocycles. The molecule has 1 unspecified atom stereocenters. The second-order valence-corrected chi connectivity index (χ2v) is 5.15. The maximum Gasteiger partial charge on any atom is 0.137 e. The van der Waals surface area contributed by atoms with E-state index in [4.69, 9.17) is 0 Å². The van der Waals surface area contributed by atoms with Crippen molar-refractivity contribution in [2.75, 3.05) is 6.54 Å². The largest absolute Gasteiger partial charge is 0.314 e. The first-order chi connectivity index (χ1) is 8.19. The lowest BCUT2D eigenvalue weighted by Crippen LogP contribution is -2.31. The normalized spacial score (nSPS) is 12.7. The van der Waals surface area contributed by atoms with Crippen molar-refractivity contribution in [3.8, 4) is 0 Å². The minimum atomic E-state index is -0.173. The highest BCUT2D eigenvalue weighted by atomic mass is 79.9. The Labute approximate surface area is 112 Å². The second kappa shape index (κ2) is 7.83. The number of hydrogen-bond acceptors (Lipinski definition) is 1. The van der Waals surface area contributed by atoms with E-state index in [0.717, 1.165) is 37.8 Å². The Bertz CT molecular complexity index is 341. The topological polar surface area (TPSA) is 12.0 Å². The standard InChI is InChI=1S/C14H21BrFN/c1-3-6-12(17-9-4-2)10-11-7-5-8-13(16)14(11)15/h5,7-8,12,17H,3-4,6,9-10H2,1-2H3. The third kappa shape index (κ3) is 4.76. The van der Waals surface area contributed by atoms with E-state index in [0.29, 0.717) is 10.5 Å². The van der Waals surface area contributed by atoms with Gasteiger partial charge in [-0.3, -0.25) is 0 Å². The van der Waals surface area contributed by atoms with Gasteiger partial charge in [0.2, 0.25) is 0 Å². The van der Waals surface area contributed by atoms with E-state index in [1.54, 1.807) is 6.07 Å². The van der Waals surface area contributed by atoms with Gasteiger partial charge in [0, 0.05) is 6.04 Å². The molecule has 0 amide bonds. The van der Waals surface area contributed by atoms with Crippen LogP contribution in [0.3, 0.4) is 0 Å². The van der Waals surface area contributed by atoms with E-state index < -0.39 is 0 Å². The van der Waals surface area contributed by atoms with E-state index in [-0.39, 0.29) is 5.82 Å². The van der Waals surface area contributed by atoms with Crippen molar-refractivity contribution in [1.82, 2.24) is 5.32 Å². The van der Waals surface area contributed by atoms with Crippen LogP contribution < -0.4 is 5.32 Å². The number of halogens is 2. The van der Waals surface area contributed by atoms with Crippen molar-refractivity contribution >= 4 is 15.9 Å². The lowest BCUT2D eigenvalue weighted by molar-refractivity contribution is 0.471. The molecule has 0 spiro atoms. The van der Waals surface area contributed by atoms with Crippen LogP contribution in [0.1, 0.15) is 38.7 Å². The lowest BCUT2D eigenvalue weighted by atomic mass is 10.0. The molecular formula is C14H21BrFN. The van der Waals surface area contributed by atoms with Gasteiger partial charge in [0.25, 0.3) is 0 Å².